The van der Waals surface area contributed by atoms with Crippen LogP contribution in [0.3, 0.4) is 0 Å². The number of carbonyl (C=O) groups is 1. The molecule has 0 saturated heterocycles. The quantitative estimate of drug-likeness (QED) is 0.835. The van der Waals surface area contributed by atoms with Gasteiger partial charge in [0.1, 0.15) is 0 Å². The predicted molar refractivity (Wildman–Crippen MR) is 61.9 cm³/mol. The highest BCUT2D eigenvalue weighted by molar-refractivity contribution is 7.13. The lowest BCUT2D eigenvalue weighted by Gasteiger charge is -2.00. The van der Waals surface area contributed by atoms with Crippen molar-refractivity contribution in [2.45, 2.75) is 32.6 Å². The molecule has 1 saturated carbocycles. The van der Waals surface area contributed by atoms with Crippen LogP contribution in [-0.2, 0) is 4.79 Å². The maximum Gasteiger partial charge on any atom is 0.229 e. The van der Waals surface area contributed by atoms with E-state index in [-0.39, 0.29) is 11.8 Å². The van der Waals surface area contributed by atoms with Gasteiger partial charge in [0.2, 0.25) is 5.91 Å². The maximum atomic E-state index is 11.7. The average Bonchev–Trinajstić information content (AvgIpc) is 2.84. The summed E-state index contributed by atoms with van der Waals surface area (Å²) in [7, 11) is 0. The second kappa shape index (κ2) is 4.75. The smallest absolute Gasteiger partial charge is 0.229 e. The van der Waals surface area contributed by atoms with Crippen LogP contribution < -0.4 is 5.32 Å². The molecule has 1 aliphatic rings. The number of carbonyl (C=O) groups excluding carboxylic acids is 1. The van der Waals surface area contributed by atoms with Gasteiger partial charge in [0, 0.05) is 17.5 Å². The van der Waals surface area contributed by atoms with Gasteiger partial charge in [0.15, 0.2) is 5.13 Å². The number of thiazole rings is 1. The SMILES string of the molecule is CCCCC1CC1C(=O)Nc1nccs1. The van der Waals surface area contributed by atoms with E-state index in [0.717, 1.165) is 11.6 Å². The van der Waals surface area contributed by atoms with Gasteiger partial charge in [-0.2, -0.15) is 0 Å². The molecule has 1 aromatic rings. The number of hydrogen-bond donors (Lipinski definition) is 1. The molecule has 1 aliphatic carbocycles. The van der Waals surface area contributed by atoms with Crippen molar-refractivity contribution < 1.29 is 4.79 Å². The number of amides is 1. The summed E-state index contributed by atoms with van der Waals surface area (Å²) in [5.41, 5.74) is 0. The molecule has 3 nitrogen and oxygen atoms in total. The minimum absolute atomic E-state index is 0.158. The first kappa shape index (κ1) is 10.6. The van der Waals surface area contributed by atoms with Crippen molar-refractivity contribution in [3.05, 3.63) is 11.6 Å². The molecule has 15 heavy (non-hydrogen) atoms. The fourth-order valence-electron chi connectivity index (χ4n) is 1.84. The predicted octanol–water partition coefficient (Wildman–Crippen LogP) is 2.91. The largest absolute Gasteiger partial charge is 0.302 e. The number of nitrogens with zero attached hydrogens (tertiary/aromatic N) is 1. The van der Waals surface area contributed by atoms with Crippen molar-refractivity contribution in [2.75, 3.05) is 5.32 Å². The van der Waals surface area contributed by atoms with Gasteiger partial charge in [-0.05, 0) is 18.8 Å². The van der Waals surface area contributed by atoms with E-state index >= 15 is 0 Å². The summed E-state index contributed by atoms with van der Waals surface area (Å²) in [6, 6.07) is 0. The minimum Gasteiger partial charge on any atom is -0.302 e. The second-order valence-corrected chi connectivity index (χ2v) is 4.97. The van der Waals surface area contributed by atoms with Crippen LogP contribution in [0.15, 0.2) is 11.6 Å². The number of anilines is 1. The van der Waals surface area contributed by atoms with Gasteiger partial charge >= 0.3 is 0 Å². The van der Waals surface area contributed by atoms with E-state index in [1.54, 1.807) is 6.20 Å². The fraction of sp³-hybridized carbons (Fsp3) is 0.636. The Labute approximate surface area is 93.9 Å². The van der Waals surface area contributed by atoms with Crippen LogP contribution in [0, 0.1) is 11.8 Å². The first-order valence-electron chi connectivity index (χ1n) is 5.51. The van der Waals surface area contributed by atoms with Crippen LogP contribution in [-0.4, -0.2) is 10.9 Å². The molecule has 82 valence electrons. The molecular formula is C11H16N2OS. The van der Waals surface area contributed by atoms with Crippen molar-refractivity contribution in [2.24, 2.45) is 11.8 Å². The molecule has 1 amide bonds. The lowest BCUT2D eigenvalue weighted by atomic mass is 10.1. The summed E-state index contributed by atoms with van der Waals surface area (Å²) >= 11 is 1.47. The third-order valence-electron chi connectivity index (χ3n) is 2.85. The third-order valence-corrected chi connectivity index (χ3v) is 3.54. The Kier molecular flexibility index (Phi) is 3.36. The Bertz CT molecular complexity index is 323. The first-order chi connectivity index (χ1) is 7.31. The zero-order valence-electron chi connectivity index (χ0n) is 8.90. The van der Waals surface area contributed by atoms with Crippen molar-refractivity contribution >= 4 is 22.4 Å². The number of unbranched alkanes of at least 4 members (excludes halogenated alkanes) is 1. The van der Waals surface area contributed by atoms with Gasteiger partial charge in [-0.1, -0.05) is 19.8 Å². The van der Waals surface area contributed by atoms with Crippen molar-refractivity contribution in [3.63, 3.8) is 0 Å². The van der Waals surface area contributed by atoms with Gasteiger partial charge in [-0.3, -0.25) is 4.79 Å². The summed E-state index contributed by atoms with van der Waals surface area (Å²) in [6.07, 6.45) is 6.44. The highest BCUT2D eigenvalue weighted by Crippen LogP contribution is 2.43. The summed E-state index contributed by atoms with van der Waals surface area (Å²) < 4.78 is 0. The van der Waals surface area contributed by atoms with E-state index in [4.69, 9.17) is 0 Å². The van der Waals surface area contributed by atoms with Crippen LogP contribution in [0.4, 0.5) is 5.13 Å². The molecule has 0 radical (unpaired) electrons. The van der Waals surface area contributed by atoms with E-state index in [0.29, 0.717) is 5.92 Å². The maximum absolute atomic E-state index is 11.7. The van der Waals surface area contributed by atoms with E-state index in [1.165, 1.54) is 30.6 Å². The summed E-state index contributed by atoms with van der Waals surface area (Å²) in [5, 5.41) is 5.45. The van der Waals surface area contributed by atoms with Crippen molar-refractivity contribution in [1.29, 1.82) is 0 Å². The normalized spacial score (nSPS) is 23.8. The topological polar surface area (TPSA) is 42.0 Å². The zero-order valence-corrected chi connectivity index (χ0v) is 9.72. The lowest BCUT2D eigenvalue weighted by Crippen LogP contribution is -2.14. The third kappa shape index (κ3) is 2.78. The Hall–Kier alpha value is -0.900. The summed E-state index contributed by atoms with van der Waals surface area (Å²) in [6.45, 7) is 2.19. The zero-order chi connectivity index (χ0) is 10.7. The standard InChI is InChI=1S/C11H16N2OS/c1-2-3-4-8-7-9(8)10(14)13-11-12-5-6-15-11/h5-6,8-9H,2-4,7H2,1H3,(H,12,13,14). The Morgan fingerprint density at radius 3 is 3.27 bits per heavy atom. The average molecular weight is 224 g/mol. The molecule has 0 aliphatic heterocycles. The number of nitrogens with one attached hydrogen (secondary N) is 1. The minimum atomic E-state index is 0.158. The molecule has 1 aromatic heterocycles. The molecule has 0 aromatic carbocycles. The lowest BCUT2D eigenvalue weighted by molar-refractivity contribution is -0.117. The highest BCUT2D eigenvalue weighted by atomic mass is 32.1. The molecule has 1 N–H and O–H groups in total. The fourth-order valence-corrected chi connectivity index (χ4v) is 2.37. The highest BCUT2D eigenvalue weighted by Gasteiger charge is 2.42. The van der Waals surface area contributed by atoms with E-state index in [9.17, 15) is 4.79 Å². The van der Waals surface area contributed by atoms with Crippen LogP contribution in [0.1, 0.15) is 32.6 Å². The molecule has 4 heteroatoms. The molecule has 2 rings (SSSR count). The van der Waals surface area contributed by atoms with Crippen LogP contribution in [0.5, 0.6) is 0 Å². The molecular weight excluding hydrogens is 208 g/mol. The van der Waals surface area contributed by atoms with Crippen LogP contribution in [0.25, 0.3) is 0 Å². The Morgan fingerprint density at radius 2 is 2.60 bits per heavy atom. The van der Waals surface area contributed by atoms with Gasteiger partial charge in [0.25, 0.3) is 0 Å². The summed E-state index contributed by atoms with van der Waals surface area (Å²) in [4.78, 5) is 15.7. The Balaban J connectivity index is 1.74. The molecule has 0 bridgehead atoms. The molecule has 0 spiro atoms. The van der Waals surface area contributed by atoms with Gasteiger partial charge in [-0.25, -0.2) is 4.98 Å². The summed E-state index contributed by atoms with van der Waals surface area (Å²) in [5.74, 6) is 1.04. The van der Waals surface area contributed by atoms with E-state index < -0.39 is 0 Å². The molecule has 1 fully saturated rings. The Morgan fingerprint density at radius 1 is 1.73 bits per heavy atom. The van der Waals surface area contributed by atoms with Gasteiger partial charge < -0.3 is 5.32 Å². The van der Waals surface area contributed by atoms with Crippen molar-refractivity contribution in [1.82, 2.24) is 4.98 Å². The van der Waals surface area contributed by atoms with Crippen LogP contribution in [0.2, 0.25) is 0 Å². The first-order valence-corrected chi connectivity index (χ1v) is 6.39. The van der Waals surface area contributed by atoms with Gasteiger partial charge in [0.05, 0.1) is 0 Å². The van der Waals surface area contributed by atoms with Crippen molar-refractivity contribution in [3.8, 4) is 0 Å². The van der Waals surface area contributed by atoms with Gasteiger partial charge in [-0.15, -0.1) is 11.3 Å². The second-order valence-electron chi connectivity index (χ2n) is 4.07. The monoisotopic (exact) mass is 224 g/mol. The molecule has 2 atom stereocenters. The number of aromatic nitrogens is 1. The van der Waals surface area contributed by atoms with Crippen LogP contribution >= 0.6 is 11.3 Å². The van der Waals surface area contributed by atoms with E-state index in [1.807, 2.05) is 5.38 Å². The number of hydrogen-bond acceptors (Lipinski definition) is 3. The molecule has 1 heterocycles. The van der Waals surface area contributed by atoms with E-state index in [2.05, 4.69) is 17.2 Å². The number of rotatable bonds is 5. The molecule has 2 unspecified atom stereocenters.